The fraction of sp³-hybridized carbons (Fsp3) is 0.833. The molecule has 2 aliphatic rings. The van der Waals surface area contributed by atoms with Crippen molar-refractivity contribution in [2.24, 2.45) is 0 Å². The van der Waals surface area contributed by atoms with E-state index in [1.54, 1.807) is 0 Å². The number of hydrogen-bond acceptors (Lipinski definition) is 6. The van der Waals surface area contributed by atoms with Gasteiger partial charge in [0.1, 0.15) is 0 Å². The fourth-order valence-corrected chi connectivity index (χ4v) is 0.823. The zero-order chi connectivity index (χ0) is 14.2. The van der Waals surface area contributed by atoms with E-state index in [0.717, 1.165) is 12.8 Å². The molecule has 0 aromatic carbocycles. The Kier molecular flexibility index (Phi) is 16.3. The van der Waals surface area contributed by atoms with Gasteiger partial charge in [-0.2, -0.15) is 0 Å². The lowest BCUT2D eigenvalue weighted by molar-refractivity contribution is 0.0184. The highest BCUT2D eigenvalue weighted by Crippen LogP contribution is 1.96. The predicted octanol–water partition coefficient (Wildman–Crippen LogP) is 3.14. The second kappa shape index (κ2) is 15.5. The van der Waals surface area contributed by atoms with Crippen LogP contribution in [0.2, 0.25) is 0 Å². The Bertz CT molecular complexity index is 167. The van der Waals surface area contributed by atoms with Crippen molar-refractivity contribution in [3.63, 3.8) is 0 Å². The molecule has 2 rings (SSSR count). The zero-order valence-electron chi connectivity index (χ0n) is 11.7. The van der Waals surface area contributed by atoms with Crippen molar-refractivity contribution in [3.05, 3.63) is 0 Å². The minimum Gasteiger partial charge on any atom is -0.434 e. The first-order valence-electron chi connectivity index (χ1n) is 6.38. The Morgan fingerprint density at radius 2 is 0.833 bits per heavy atom. The Hall–Kier alpha value is -1.46. The van der Waals surface area contributed by atoms with Gasteiger partial charge in [-0.25, -0.2) is 9.59 Å². The summed E-state index contributed by atoms with van der Waals surface area (Å²) in [6.45, 7) is 10.1. The van der Waals surface area contributed by atoms with Crippen LogP contribution >= 0.6 is 0 Å². The van der Waals surface area contributed by atoms with Crippen molar-refractivity contribution in [1.29, 1.82) is 0 Å². The molecule has 2 aliphatic heterocycles. The van der Waals surface area contributed by atoms with Crippen molar-refractivity contribution < 1.29 is 28.5 Å². The molecule has 0 amide bonds. The Balaban J connectivity index is 0. The summed E-state index contributed by atoms with van der Waals surface area (Å²) < 4.78 is 17.7. The lowest BCUT2D eigenvalue weighted by atomic mass is 10.5. The second-order valence-corrected chi connectivity index (χ2v) is 2.60. The minimum absolute atomic E-state index is 0.513. The molecule has 6 nitrogen and oxygen atoms in total. The first-order chi connectivity index (χ1) is 8.79. The summed E-state index contributed by atoms with van der Waals surface area (Å²) in [6, 6.07) is 0. The molecule has 108 valence electrons. The quantitative estimate of drug-likeness (QED) is 0.626. The Labute approximate surface area is 109 Å². The highest BCUT2D eigenvalue weighted by Gasteiger charge is 2.08. The summed E-state index contributed by atoms with van der Waals surface area (Å²) in [5, 5.41) is 0. The van der Waals surface area contributed by atoms with Gasteiger partial charge in [0, 0.05) is 12.8 Å². The molecule has 0 N–H and O–H groups in total. The average Bonchev–Trinajstić information content (AvgIpc) is 2.46. The summed E-state index contributed by atoms with van der Waals surface area (Å²) in [5.74, 6) is 0. The maximum absolute atomic E-state index is 10.0. The zero-order valence-corrected chi connectivity index (χ0v) is 11.7. The van der Waals surface area contributed by atoms with E-state index in [-0.39, 0.29) is 0 Å². The van der Waals surface area contributed by atoms with Crippen LogP contribution in [0.25, 0.3) is 0 Å². The molecule has 2 fully saturated rings. The smallest absolute Gasteiger partial charge is 0.434 e. The van der Waals surface area contributed by atoms with Crippen LogP contribution in [0.4, 0.5) is 9.59 Å². The topological polar surface area (TPSA) is 71.1 Å². The largest absolute Gasteiger partial charge is 0.508 e. The average molecular weight is 264 g/mol. The number of ether oxygens (including phenoxy) is 4. The molecule has 0 spiro atoms. The van der Waals surface area contributed by atoms with Crippen molar-refractivity contribution in [2.45, 2.75) is 40.5 Å². The summed E-state index contributed by atoms with van der Waals surface area (Å²) in [6.07, 6.45) is 0.579. The molecule has 2 heterocycles. The van der Waals surface area contributed by atoms with E-state index >= 15 is 0 Å². The van der Waals surface area contributed by atoms with Gasteiger partial charge in [0.2, 0.25) is 0 Å². The van der Waals surface area contributed by atoms with E-state index in [1.165, 1.54) is 0 Å². The number of hydrogen-bond donors (Lipinski definition) is 0. The van der Waals surface area contributed by atoms with E-state index in [9.17, 15) is 9.59 Å². The summed E-state index contributed by atoms with van der Waals surface area (Å²) in [5.41, 5.74) is 0. The van der Waals surface area contributed by atoms with E-state index < -0.39 is 12.3 Å². The lowest BCUT2D eigenvalue weighted by Gasteiger charge is -2.09. The third-order valence-electron chi connectivity index (χ3n) is 1.46. The second-order valence-electron chi connectivity index (χ2n) is 2.60. The molecule has 0 unspecified atom stereocenters. The van der Waals surface area contributed by atoms with E-state index in [2.05, 4.69) is 18.9 Å². The third kappa shape index (κ3) is 12.6. The number of carbonyl (C=O) groups excluding carboxylic acids is 2. The summed E-state index contributed by atoms with van der Waals surface area (Å²) in [4.78, 5) is 20.0. The molecular formula is C12H24O6. The van der Waals surface area contributed by atoms with Gasteiger partial charge in [-0.05, 0) is 0 Å². The van der Waals surface area contributed by atoms with Crippen molar-refractivity contribution in [1.82, 2.24) is 0 Å². The van der Waals surface area contributed by atoms with Gasteiger partial charge in [-0.3, -0.25) is 0 Å². The normalized spacial score (nSPS) is 16.4. The fourth-order valence-electron chi connectivity index (χ4n) is 0.823. The summed E-state index contributed by atoms with van der Waals surface area (Å²) in [7, 11) is 0. The minimum atomic E-state index is -0.536. The summed E-state index contributed by atoms with van der Waals surface area (Å²) >= 11 is 0. The van der Waals surface area contributed by atoms with Crippen LogP contribution in [0.5, 0.6) is 0 Å². The molecule has 0 atom stereocenters. The van der Waals surface area contributed by atoms with Crippen LogP contribution in [0.1, 0.15) is 40.5 Å². The van der Waals surface area contributed by atoms with Crippen molar-refractivity contribution in [2.75, 3.05) is 26.4 Å². The van der Waals surface area contributed by atoms with Gasteiger partial charge >= 0.3 is 12.3 Å². The third-order valence-corrected chi connectivity index (χ3v) is 1.46. The predicted molar refractivity (Wildman–Crippen MR) is 66.5 cm³/mol. The molecular weight excluding hydrogens is 240 g/mol. The van der Waals surface area contributed by atoms with E-state index in [0.29, 0.717) is 26.4 Å². The first-order valence-corrected chi connectivity index (χ1v) is 6.38. The molecule has 0 bridgehead atoms. The number of cyclic esters (lactones) is 4. The number of rotatable bonds is 0. The van der Waals surface area contributed by atoms with E-state index in [4.69, 9.17) is 0 Å². The van der Waals surface area contributed by atoms with Gasteiger partial charge in [0.25, 0.3) is 0 Å². The van der Waals surface area contributed by atoms with Gasteiger partial charge in [-0.15, -0.1) is 0 Å². The SMILES string of the molecule is CC.CC.O=C1OCCCO1.O=C1OCCCO1. The van der Waals surface area contributed by atoms with Gasteiger partial charge in [0.15, 0.2) is 0 Å². The molecule has 0 aromatic heterocycles. The van der Waals surface area contributed by atoms with Crippen LogP contribution in [0, 0.1) is 0 Å². The molecule has 0 radical (unpaired) electrons. The molecule has 18 heavy (non-hydrogen) atoms. The molecule has 0 aliphatic carbocycles. The van der Waals surface area contributed by atoms with Gasteiger partial charge in [0.05, 0.1) is 26.4 Å². The highest BCUT2D eigenvalue weighted by atomic mass is 16.7. The standard InChI is InChI=1S/2C4H6O3.2C2H6/c2*5-4-6-2-1-3-7-4;2*1-2/h2*1-3H2;2*1-2H3. The highest BCUT2D eigenvalue weighted by molar-refractivity contribution is 5.60. The monoisotopic (exact) mass is 264 g/mol. The molecule has 0 aromatic rings. The van der Waals surface area contributed by atoms with Gasteiger partial charge in [-0.1, -0.05) is 27.7 Å². The number of carbonyl (C=O) groups is 2. The van der Waals surface area contributed by atoms with E-state index in [1.807, 2.05) is 27.7 Å². The van der Waals surface area contributed by atoms with Crippen LogP contribution in [0.15, 0.2) is 0 Å². The van der Waals surface area contributed by atoms with Crippen LogP contribution in [-0.2, 0) is 18.9 Å². The van der Waals surface area contributed by atoms with Gasteiger partial charge < -0.3 is 18.9 Å². The maximum atomic E-state index is 10.0. The Morgan fingerprint density at radius 3 is 0.944 bits per heavy atom. The maximum Gasteiger partial charge on any atom is 0.508 e. The lowest BCUT2D eigenvalue weighted by Crippen LogP contribution is -2.16. The van der Waals surface area contributed by atoms with Crippen molar-refractivity contribution >= 4 is 12.3 Å². The first kappa shape index (κ1) is 18.9. The molecule has 6 heteroatoms. The molecule has 0 saturated carbocycles. The molecule has 2 saturated heterocycles. The Morgan fingerprint density at radius 1 is 0.611 bits per heavy atom. The van der Waals surface area contributed by atoms with Crippen molar-refractivity contribution in [3.8, 4) is 0 Å². The van der Waals surface area contributed by atoms with Crippen LogP contribution < -0.4 is 0 Å². The van der Waals surface area contributed by atoms with Crippen LogP contribution in [-0.4, -0.2) is 38.7 Å². The van der Waals surface area contributed by atoms with Crippen LogP contribution in [0.3, 0.4) is 0 Å².